The summed E-state index contributed by atoms with van der Waals surface area (Å²) in [5, 5.41) is 0. The molecule has 1 aromatic carbocycles. The molecular weight excluding hydrogens is 273 g/mol. The standard InChI is InChI=1S/C16H18FNO3/c1-21-16(20)13-8-10-18(11-9-13)15(19)7-6-12-4-2-3-5-14(12)17/h2-7,13H,8-11H2,1H3. The van der Waals surface area contributed by atoms with Crippen molar-refractivity contribution in [1.29, 1.82) is 0 Å². The summed E-state index contributed by atoms with van der Waals surface area (Å²) in [6, 6.07) is 6.29. The van der Waals surface area contributed by atoms with Crippen LogP contribution < -0.4 is 0 Å². The number of ether oxygens (including phenoxy) is 1. The molecule has 5 heteroatoms. The van der Waals surface area contributed by atoms with Crippen molar-refractivity contribution < 1.29 is 18.7 Å². The van der Waals surface area contributed by atoms with Crippen molar-refractivity contribution in [3.8, 4) is 0 Å². The van der Waals surface area contributed by atoms with Crippen molar-refractivity contribution in [3.05, 3.63) is 41.7 Å². The van der Waals surface area contributed by atoms with Gasteiger partial charge in [0, 0.05) is 24.7 Å². The van der Waals surface area contributed by atoms with Gasteiger partial charge in [0.25, 0.3) is 0 Å². The minimum absolute atomic E-state index is 0.130. The number of rotatable bonds is 3. The van der Waals surface area contributed by atoms with Crippen LogP contribution in [0.2, 0.25) is 0 Å². The van der Waals surface area contributed by atoms with E-state index >= 15 is 0 Å². The van der Waals surface area contributed by atoms with Crippen molar-refractivity contribution in [3.63, 3.8) is 0 Å². The average molecular weight is 291 g/mol. The fourth-order valence-corrected chi connectivity index (χ4v) is 2.38. The van der Waals surface area contributed by atoms with Crippen molar-refractivity contribution in [2.75, 3.05) is 20.2 Å². The van der Waals surface area contributed by atoms with Gasteiger partial charge in [-0.15, -0.1) is 0 Å². The number of benzene rings is 1. The Bertz CT molecular complexity index is 548. The minimum Gasteiger partial charge on any atom is -0.469 e. The number of hydrogen-bond donors (Lipinski definition) is 0. The van der Waals surface area contributed by atoms with Crippen molar-refractivity contribution in [2.24, 2.45) is 5.92 Å². The van der Waals surface area contributed by atoms with Crippen LogP contribution in [0.1, 0.15) is 18.4 Å². The maximum atomic E-state index is 13.4. The maximum absolute atomic E-state index is 13.4. The first kappa shape index (κ1) is 15.2. The number of likely N-dealkylation sites (tertiary alicyclic amines) is 1. The predicted molar refractivity (Wildman–Crippen MR) is 76.8 cm³/mol. The molecule has 0 unspecified atom stereocenters. The van der Waals surface area contributed by atoms with Gasteiger partial charge in [-0.2, -0.15) is 0 Å². The van der Waals surface area contributed by atoms with Gasteiger partial charge in [-0.25, -0.2) is 4.39 Å². The Balaban J connectivity index is 1.91. The average Bonchev–Trinajstić information content (AvgIpc) is 2.53. The molecular formula is C16H18FNO3. The molecule has 0 saturated carbocycles. The van der Waals surface area contributed by atoms with Gasteiger partial charge in [0.2, 0.25) is 5.91 Å². The smallest absolute Gasteiger partial charge is 0.308 e. The molecule has 0 N–H and O–H groups in total. The number of carbonyl (C=O) groups is 2. The molecule has 112 valence electrons. The van der Waals surface area contributed by atoms with Gasteiger partial charge in [0.1, 0.15) is 5.82 Å². The van der Waals surface area contributed by atoms with Crippen LogP contribution in [0.25, 0.3) is 6.08 Å². The van der Waals surface area contributed by atoms with Gasteiger partial charge >= 0.3 is 5.97 Å². The largest absolute Gasteiger partial charge is 0.469 e. The molecule has 0 spiro atoms. The number of carbonyl (C=O) groups excluding carboxylic acids is 2. The highest BCUT2D eigenvalue weighted by Gasteiger charge is 2.26. The second kappa shape index (κ2) is 7.02. The lowest BCUT2D eigenvalue weighted by atomic mass is 9.97. The number of piperidine rings is 1. The van der Waals surface area contributed by atoms with Crippen LogP contribution in [0.5, 0.6) is 0 Å². The van der Waals surface area contributed by atoms with Crippen LogP contribution >= 0.6 is 0 Å². The number of halogens is 1. The number of hydrogen-bond acceptors (Lipinski definition) is 3. The van der Waals surface area contributed by atoms with E-state index in [1.165, 1.54) is 25.3 Å². The summed E-state index contributed by atoms with van der Waals surface area (Å²) < 4.78 is 18.1. The summed E-state index contributed by atoms with van der Waals surface area (Å²) >= 11 is 0. The summed E-state index contributed by atoms with van der Waals surface area (Å²) in [6.45, 7) is 1.03. The number of methoxy groups -OCH3 is 1. The first-order chi connectivity index (χ1) is 10.1. The zero-order chi connectivity index (χ0) is 15.2. The van der Waals surface area contributed by atoms with Crippen LogP contribution in [0.15, 0.2) is 30.3 Å². The summed E-state index contributed by atoms with van der Waals surface area (Å²) in [6.07, 6.45) is 4.05. The number of nitrogens with zero attached hydrogens (tertiary/aromatic N) is 1. The summed E-state index contributed by atoms with van der Waals surface area (Å²) in [5.41, 5.74) is 0.385. The quantitative estimate of drug-likeness (QED) is 0.634. The van der Waals surface area contributed by atoms with Gasteiger partial charge in [0.05, 0.1) is 13.0 Å². The van der Waals surface area contributed by atoms with E-state index in [1.807, 2.05) is 0 Å². The van der Waals surface area contributed by atoms with Gasteiger partial charge < -0.3 is 9.64 Å². The number of esters is 1. The first-order valence-electron chi connectivity index (χ1n) is 6.91. The Kier molecular flexibility index (Phi) is 5.09. The van der Waals surface area contributed by atoms with Crippen LogP contribution in [0.4, 0.5) is 4.39 Å². The molecule has 0 radical (unpaired) electrons. The molecule has 4 nitrogen and oxygen atoms in total. The molecule has 0 bridgehead atoms. The molecule has 1 amide bonds. The van der Waals surface area contributed by atoms with E-state index in [1.54, 1.807) is 23.1 Å². The van der Waals surface area contributed by atoms with Gasteiger partial charge in [-0.3, -0.25) is 9.59 Å². The molecule has 1 aliphatic rings. The van der Waals surface area contributed by atoms with Gasteiger partial charge in [-0.1, -0.05) is 18.2 Å². The Morgan fingerprint density at radius 3 is 2.57 bits per heavy atom. The predicted octanol–water partition coefficient (Wildman–Crippen LogP) is 2.25. The van der Waals surface area contributed by atoms with Crippen LogP contribution in [-0.4, -0.2) is 37.0 Å². The van der Waals surface area contributed by atoms with E-state index in [-0.39, 0.29) is 23.6 Å². The zero-order valence-electron chi connectivity index (χ0n) is 11.9. The second-order valence-electron chi connectivity index (χ2n) is 4.98. The molecule has 1 saturated heterocycles. The van der Waals surface area contributed by atoms with Crippen molar-refractivity contribution in [1.82, 2.24) is 4.90 Å². The molecule has 1 fully saturated rings. The highest BCUT2D eigenvalue weighted by molar-refractivity contribution is 5.92. The van der Waals surface area contributed by atoms with E-state index in [0.29, 0.717) is 31.5 Å². The van der Waals surface area contributed by atoms with Crippen LogP contribution in [0.3, 0.4) is 0 Å². The lowest BCUT2D eigenvalue weighted by Crippen LogP contribution is -2.39. The van der Waals surface area contributed by atoms with E-state index in [2.05, 4.69) is 0 Å². The molecule has 2 rings (SSSR count). The Hall–Kier alpha value is -2.17. The molecule has 1 aliphatic heterocycles. The van der Waals surface area contributed by atoms with Crippen molar-refractivity contribution in [2.45, 2.75) is 12.8 Å². The van der Waals surface area contributed by atoms with Crippen LogP contribution in [-0.2, 0) is 14.3 Å². The lowest BCUT2D eigenvalue weighted by molar-refractivity contribution is -0.148. The molecule has 1 heterocycles. The molecule has 0 aromatic heterocycles. The van der Waals surface area contributed by atoms with Crippen molar-refractivity contribution >= 4 is 18.0 Å². The fourth-order valence-electron chi connectivity index (χ4n) is 2.38. The van der Waals surface area contributed by atoms with Crippen LogP contribution in [0, 0.1) is 11.7 Å². The fraction of sp³-hybridized carbons (Fsp3) is 0.375. The van der Waals surface area contributed by atoms with E-state index in [0.717, 1.165) is 0 Å². The Morgan fingerprint density at radius 2 is 1.95 bits per heavy atom. The third-order valence-electron chi connectivity index (χ3n) is 3.65. The Morgan fingerprint density at radius 1 is 1.29 bits per heavy atom. The van der Waals surface area contributed by atoms with E-state index in [9.17, 15) is 14.0 Å². The molecule has 0 aliphatic carbocycles. The topological polar surface area (TPSA) is 46.6 Å². The minimum atomic E-state index is -0.356. The third kappa shape index (κ3) is 3.90. The Labute approximate surface area is 123 Å². The summed E-state index contributed by atoms with van der Waals surface area (Å²) in [7, 11) is 1.37. The zero-order valence-corrected chi connectivity index (χ0v) is 11.9. The van der Waals surface area contributed by atoms with E-state index in [4.69, 9.17) is 4.74 Å². The maximum Gasteiger partial charge on any atom is 0.308 e. The molecule has 21 heavy (non-hydrogen) atoms. The second-order valence-corrected chi connectivity index (χ2v) is 4.98. The third-order valence-corrected chi connectivity index (χ3v) is 3.65. The van der Waals surface area contributed by atoms with E-state index < -0.39 is 0 Å². The molecule has 1 aromatic rings. The highest BCUT2D eigenvalue weighted by Crippen LogP contribution is 2.19. The highest BCUT2D eigenvalue weighted by atomic mass is 19.1. The summed E-state index contributed by atoms with van der Waals surface area (Å²) in [4.78, 5) is 25.1. The normalized spacial score (nSPS) is 16.2. The molecule has 0 atom stereocenters. The van der Waals surface area contributed by atoms with Gasteiger partial charge in [0.15, 0.2) is 0 Å². The lowest BCUT2D eigenvalue weighted by Gasteiger charge is -2.29. The van der Waals surface area contributed by atoms with Gasteiger partial charge in [-0.05, 0) is 25.0 Å². The summed E-state index contributed by atoms with van der Waals surface area (Å²) in [5.74, 6) is -0.869. The first-order valence-corrected chi connectivity index (χ1v) is 6.91. The SMILES string of the molecule is COC(=O)C1CCN(C(=O)C=Cc2ccccc2F)CC1. The number of amides is 1. The monoisotopic (exact) mass is 291 g/mol.